The van der Waals surface area contributed by atoms with Crippen molar-refractivity contribution < 1.29 is 29.0 Å². The smallest absolute Gasteiger partial charge is 0.410 e. The van der Waals surface area contributed by atoms with Gasteiger partial charge in [0.15, 0.2) is 0 Å². The molecule has 3 atom stereocenters. The first kappa shape index (κ1) is 25.8. The number of carbonyl (C=O) groups is 3. The molecule has 0 saturated heterocycles. The zero-order valence-electron chi connectivity index (χ0n) is 19.5. The van der Waals surface area contributed by atoms with Crippen LogP contribution in [-0.4, -0.2) is 29.7 Å². The van der Waals surface area contributed by atoms with Gasteiger partial charge in [0.2, 0.25) is 0 Å². The molecule has 0 heterocycles. The van der Waals surface area contributed by atoms with Gasteiger partial charge < -0.3 is 19.9 Å². The largest absolute Gasteiger partial charge is 0.481 e. The SMILES string of the molecule is N#CCCC1CCCCC1(CNC(=O)OC(OC(=O)c1ccccc1)c1ccccc1)CC(=O)O. The highest BCUT2D eigenvalue weighted by Gasteiger charge is 2.42. The second kappa shape index (κ2) is 12.6. The number of hydrogen-bond acceptors (Lipinski definition) is 6. The number of benzene rings is 2. The van der Waals surface area contributed by atoms with E-state index >= 15 is 0 Å². The summed E-state index contributed by atoms with van der Waals surface area (Å²) < 4.78 is 11.0. The highest BCUT2D eigenvalue weighted by molar-refractivity contribution is 5.89. The molecule has 2 aromatic carbocycles. The first-order chi connectivity index (χ1) is 16.9. The number of aliphatic carboxylic acids is 1. The molecule has 2 aromatic rings. The van der Waals surface area contributed by atoms with Crippen LogP contribution in [0.1, 0.15) is 67.2 Å². The van der Waals surface area contributed by atoms with Gasteiger partial charge in [0.25, 0.3) is 6.29 Å². The Kier molecular flexibility index (Phi) is 9.24. The zero-order valence-corrected chi connectivity index (χ0v) is 19.5. The monoisotopic (exact) mass is 478 g/mol. The van der Waals surface area contributed by atoms with Gasteiger partial charge in [-0.1, -0.05) is 61.4 Å². The molecule has 3 unspecified atom stereocenters. The molecule has 3 rings (SSSR count). The van der Waals surface area contributed by atoms with Crippen LogP contribution < -0.4 is 5.32 Å². The second-order valence-electron chi connectivity index (χ2n) is 8.85. The Morgan fingerprint density at radius 1 is 1.06 bits per heavy atom. The lowest BCUT2D eigenvalue weighted by Gasteiger charge is -2.43. The van der Waals surface area contributed by atoms with E-state index in [1.807, 2.05) is 0 Å². The molecule has 1 fully saturated rings. The molecule has 1 saturated carbocycles. The lowest BCUT2D eigenvalue weighted by atomic mass is 9.63. The summed E-state index contributed by atoms with van der Waals surface area (Å²) in [6.07, 6.45) is 2.00. The van der Waals surface area contributed by atoms with Gasteiger partial charge in [0, 0.05) is 23.9 Å². The quantitative estimate of drug-likeness (QED) is 0.354. The fourth-order valence-corrected chi connectivity index (χ4v) is 4.79. The molecule has 35 heavy (non-hydrogen) atoms. The molecule has 8 nitrogen and oxygen atoms in total. The Morgan fingerprint density at radius 2 is 1.74 bits per heavy atom. The summed E-state index contributed by atoms with van der Waals surface area (Å²) in [5.41, 5.74) is 0.139. The van der Waals surface area contributed by atoms with E-state index in [0.29, 0.717) is 30.4 Å². The molecule has 0 aliphatic heterocycles. The number of esters is 1. The van der Waals surface area contributed by atoms with Crippen molar-refractivity contribution in [3.8, 4) is 6.07 Å². The number of carbonyl (C=O) groups excluding carboxylic acids is 2. The van der Waals surface area contributed by atoms with Crippen molar-refractivity contribution in [1.82, 2.24) is 5.32 Å². The zero-order chi connectivity index (χ0) is 25.1. The Morgan fingerprint density at radius 3 is 2.40 bits per heavy atom. The average molecular weight is 479 g/mol. The number of carboxylic acids is 1. The van der Waals surface area contributed by atoms with Gasteiger partial charge >= 0.3 is 18.0 Å². The molecule has 1 aliphatic carbocycles. The highest BCUT2D eigenvalue weighted by atomic mass is 16.7. The lowest BCUT2D eigenvalue weighted by molar-refractivity contribution is -0.141. The normalized spacial score (nSPS) is 20.1. The molecule has 1 aliphatic rings. The fourth-order valence-electron chi connectivity index (χ4n) is 4.79. The van der Waals surface area contributed by atoms with Crippen molar-refractivity contribution in [3.05, 3.63) is 71.8 Å². The third-order valence-electron chi connectivity index (χ3n) is 6.55. The average Bonchev–Trinajstić information content (AvgIpc) is 2.87. The minimum Gasteiger partial charge on any atom is -0.481 e. The number of ether oxygens (including phenoxy) is 2. The van der Waals surface area contributed by atoms with Crippen LogP contribution in [0.2, 0.25) is 0 Å². The molecule has 0 bridgehead atoms. The van der Waals surface area contributed by atoms with Crippen molar-refractivity contribution >= 4 is 18.0 Å². The number of nitrogens with zero attached hydrogens (tertiary/aromatic N) is 1. The van der Waals surface area contributed by atoms with Crippen LogP contribution >= 0.6 is 0 Å². The molecule has 0 aromatic heterocycles. The first-order valence-corrected chi connectivity index (χ1v) is 11.8. The van der Waals surface area contributed by atoms with Gasteiger partial charge in [-0.25, -0.2) is 9.59 Å². The lowest BCUT2D eigenvalue weighted by Crippen LogP contribution is -2.46. The Balaban J connectivity index is 1.72. The maximum absolute atomic E-state index is 12.8. The van der Waals surface area contributed by atoms with Crippen molar-refractivity contribution in [3.63, 3.8) is 0 Å². The third kappa shape index (κ3) is 7.31. The number of amides is 1. The number of rotatable bonds is 10. The summed E-state index contributed by atoms with van der Waals surface area (Å²) >= 11 is 0. The molecular weight excluding hydrogens is 448 g/mol. The van der Waals surface area contributed by atoms with E-state index in [1.54, 1.807) is 60.7 Å². The van der Waals surface area contributed by atoms with Crippen LogP contribution in [0.4, 0.5) is 4.79 Å². The molecule has 0 radical (unpaired) electrons. The predicted octanol–water partition coefficient (Wildman–Crippen LogP) is 5.22. The van der Waals surface area contributed by atoms with E-state index in [9.17, 15) is 19.5 Å². The van der Waals surface area contributed by atoms with Crippen LogP contribution in [-0.2, 0) is 14.3 Å². The Labute approximate surface area is 204 Å². The van der Waals surface area contributed by atoms with Gasteiger partial charge in [-0.15, -0.1) is 0 Å². The van der Waals surface area contributed by atoms with Crippen LogP contribution in [0.15, 0.2) is 60.7 Å². The van der Waals surface area contributed by atoms with Gasteiger partial charge in [-0.2, -0.15) is 5.26 Å². The topological polar surface area (TPSA) is 126 Å². The van der Waals surface area contributed by atoms with E-state index in [1.165, 1.54) is 0 Å². The minimum atomic E-state index is -1.28. The molecule has 1 amide bonds. The molecule has 0 spiro atoms. The molecule has 184 valence electrons. The van der Waals surface area contributed by atoms with Gasteiger partial charge in [0.05, 0.1) is 18.1 Å². The minimum absolute atomic E-state index is 0.00753. The molecular formula is C27H30N2O6. The fraction of sp³-hybridized carbons (Fsp3) is 0.407. The standard InChI is InChI=1S/C27H30N2O6/c28-17-9-15-22-14-7-8-16-27(22,18-23(30)31)19-29-26(33)35-25(21-12-5-2-6-13-21)34-24(32)20-10-3-1-4-11-20/h1-6,10-13,22,25H,7-9,14-16,18-19H2,(H,29,33)(H,30,31). The first-order valence-electron chi connectivity index (χ1n) is 11.8. The Hall–Kier alpha value is -3.86. The van der Waals surface area contributed by atoms with Gasteiger partial charge in [-0.05, 0) is 37.3 Å². The Bertz CT molecular complexity index is 1040. The maximum atomic E-state index is 12.8. The van der Waals surface area contributed by atoms with Crippen molar-refractivity contribution in [1.29, 1.82) is 5.26 Å². The number of hydrogen-bond donors (Lipinski definition) is 2. The van der Waals surface area contributed by atoms with Gasteiger partial charge in [-0.3, -0.25) is 4.79 Å². The summed E-state index contributed by atoms with van der Waals surface area (Å²) in [6, 6.07) is 19.2. The highest BCUT2D eigenvalue weighted by Crippen LogP contribution is 2.46. The molecule has 2 N–H and O–H groups in total. The summed E-state index contributed by atoms with van der Waals surface area (Å²) in [6.45, 7) is 0.0996. The second-order valence-corrected chi connectivity index (χ2v) is 8.85. The van der Waals surface area contributed by atoms with Crippen molar-refractivity contribution in [2.45, 2.75) is 51.2 Å². The summed E-state index contributed by atoms with van der Waals surface area (Å²) in [5.74, 6) is -1.57. The van der Waals surface area contributed by atoms with Crippen LogP contribution in [0.5, 0.6) is 0 Å². The van der Waals surface area contributed by atoms with E-state index in [4.69, 9.17) is 14.7 Å². The van der Waals surface area contributed by atoms with Crippen molar-refractivity contribution in [2.75, 3.05) is 6.54 Å². The number of carboxylic acid groups (broad SMARTS) is 1. The van der Waals surface area contributed by atoms with Crippen LogP contribution in [0.3, 0.4) is 0 Å². The molecule has 8 heteroatoms. The van der Waals surface area contributed by atoms with E-state index < -0.39 is 29.7 Å². The summed E-state index contributed by atoms with van der Waals surface area (Å²) in [5, 5.41) is 21.3. The van der Waals surface area contributed by atoms with Crippen LogP contribution in [0, 0.1) is 22.7 Å². The maximum Gasteiger partial charge on any atom is 0.410 e. The number of alkyl carbamates (subject to hydrolysis) is 1. The van der Waals surface area contributed by atoms with Gasteiger partial charge in [0.1, 0.15) is 0 Å². The predicted molar refractivity (Wildman–Crippen MR) is 127 cm³/mol. The third-order valence-corrected chi connectivity index (χ3v) is 6.55. The van der Waals surface area contributed by atoms with Crippen molar-refractivity contribution in [2.24, 2.45) is 11.3 Å². The number of nitrogens with one attached hydrogen (secondary N) is 1. The van der Waals surface area contributed by atoms with E-state index in [2.05, 4.69) is 11.4 Å². The summed E-state index contributed by atoms with van der Waals surface area (Å²) in [4.78, 5) is 37.1. The summed E-state index contributed by atoms with van der Waals surface area (Å²) in [7, 11) is 0. The number of nitriles is 1. The van der Waals surface area contributed by atoms with E-state index in [0.717, 1.165) is 19.3 Å². The van der Waals surface area contributed by atoms with Crippen LogP contribution in [0.25, 0.3) is 0 Å². The van der Waals surface area contributed by atoms with E-state index in [-0.39, 0.29) is 18.9 Å².